The minimum atomic E-state index is 0.371. The van der Waals surface area contributed by atoms with Crippen molar-refractivity contribution in [2.24, 2.45) is 23.7 Å². The van der Waals surface area contributed by atoms with Crippen LogP contribution in [0.15, 0.2) is 0 Å². The highest BCUT2D eigenvalue weighted by molar-refractivity contribution is 8.13. The van der Waals surface area contributed by atoms with Gasteiger partial charge in [0.2, 0.25) is 0 Å². The van der Waals surface area contributed by atoms with Gasteiger partial charge in [-0.1, -0.05) is 53.3 Å². The fraction of sp³-hybridized carbons (Fsp3) is 0.923. The summed E-state index contributed by atoms with van der Waals surface area (Å²) in [6.45, 7) is 13.2. The summed E-state index contributed by atoms with van der Waals surface area (Å²) in [7, 11) is 0. The van der Waals surface area contributed by atoms with Gasteiger partial charge in [-0.25, -0.2) is 0 Å². The van der Waals surface area contributed by atoms with E-state index in [-0.39, 0.29) is 0 Å². The smallest absolute Gasteiger partial charge is 0.189 e. The van der Waals surface area contributed by atoms with Crippen molar-refractivity contribution in [1.82, 2.24) is 0 Å². The van der Waals surface area contributed by atoms with Crippen LogP contribution in [-0.4, -0.2) is 10.9 Å². The van der Waals surface area contributed by atoms with Crippen molar-refractivity contribution in [3.8, 4) is 0 Å². The molecule has 0 N–H and O–H groups in total. The molecule has 0 unspecified atom stereocenters. The molecule has 0 saturated carbocycles. The van der Waals surface area contributed by atoms with E-state index in [1.54, 1.807) is 0 Å². The molecule has 0 rings (SSSR count). The molecule has 0 atom stereocenters. The molecule has 0 aromatic carbocycles. The predicted octanol–water partition coefficient (Wildman–Crippen LogP) is 4.22. The lowest BCUT2D eigenvalue weighted by Crippen LogP contribution is -2.18. The Morgan fingerprint density at radius 1 is 1.00 bits per heavy atom. The topological polar surface area (TPSA) is 17.1 Å². The number of hydrogen-bond donors (Lipinski definition) is 0. The van der Waals surface area contributed by atoms with Gasteiger partial charge in [0.15, 0.2) is 5.12 Å². The molecular formula is C13H26OS. The maximum absolute atomic E-state index is 11.7. The van der Waals surface area contributed by atoms with Crippen LogP contribution in [0.5, 0.6) is 0 Å². The lowest BCUT2D eigenvalue weighted by molar-refractivity contribution is -0.112. The Morgan fingerprint density at radius 3 is 1.80 bits per heavy atom. The summed E-state index contributed by atoms with van der Waals surface area (Å²) in [5.41, 5.74) is 0. The van der Waals surface area contributed by atoms with Crippen molar-refractivity contribution in [2.75, 3.05) is 5.75 Å². The number of thioether (sulfide) groups is 1. The lowest BCUT2D eigenvalue weighted by Gasteiger charge is -2.23. The van der Waals surface area contributed by atoms with E-state index in [1.165, 1.54) is 11.8 Å². The van der Waals surface area contributed by atoms with E-state index in [4.69, 9.17) is 0 Å². The van der Waals surface area contributed by atoms with Gasteiger partial charge < -0.3 is 0 Å². The van der Waals surface area contributed by atoms with Crippen LogP contribution in [0.2, 0.25) is 0 Å². The summed E-state index contributed by atoms with van der Waals surface area (Å²) in [5.74, 6) is 3.32. The zero-order valence-electron chi connectivity index (χ0n) is 11.0. The summed E-state index contributed by atoms with van der Waals surface area (Å²) < 4.78 is 0. The zero-order chi connectivity index (χ0) is 12.0. The zero-order valence-corrected chi connectivity index (χ0v) is 11.9. The lowest BCUT2D eigenvalue weighted by atomic mass is 9.83. The Bertz CT molecular complexity index is 177. The molecule has 0 spiro atoms. The Hall–Kier alpha value is 0.0200. The molecule has 0 bridgehead atoms. The summed E-state index contributed by atoms with van der Waals surface area (Å²) in [5, 5.41) is 0.371. The average Bonchev–Trinajstić information content (AvgIpc) is 2.09. The van der Waals surface area contributed by atoms with E-state index in [0.29, 0.717) is 28.8 Å². The van der Waals surface area contributed by atoms with E-state index in [2.05, 4.69) is 41.5 Å². The summed E-state index contributed by atoms with van der Waals surface area (Å²) in [6, 6.07) is 0. The number of carbonyl (C=O) groups excluding carboxylic acids is 1. The van der Waals surface area contributed by atoms with Crippen molar-refractivity contribution >= 4 is 16.9 Å². The van der Waals surface area contributed by atoms with Crippen LogP contribution in [0.4, 0.5) is 0 Å². The molecule has 0 aromatic rings. The average molecular weight is 230 g/mol. The van der Waals surface area contributed by atoms with Crippen molar-refractivity contribution in [1.29, 1.82) is 0 Å². The van der Waals surface area contributed by atoms with Crippen LogP contribution in [0.1, 0.15) is 48.0 Å². The Balaban J connectivity index is 4.01. The van der Waals surface area contributed by atoms with Gasteiger partial charge in [-0.05, 0) is 23.7 Å². The Labute approximate surface area is 99.4 Å². The quantitative estimate of drug-likeness (QED) is 0.679. The second-order valence-electron chi connectivity index (χ2n) is 5.43. The largest absolute Gasteiger partial charge is 0.287 e. The van der Waals surface area contributed by atoms with E-state index < -0.39 is 0 Å². The highest BCUT2D eigenvalue weighted by Gasteiger charge is 2.20. The number of hydrogen-bond acceptors (Lipinski definition) is 2. The molecule has 0 amide bonds. The first-order chi connectivity index (χ1) is 6.84. The summed E-state index contributed by atoms with van der Waals surface area (Å²) in [4.78, 5) is 11.7. The van der Waals surface area contributed by atoms with Crippen LogP contribution in [0.3, 0.4) is 0 Å². The third-order valence-electron chi connectivity index (χ3n) is 2.69. The maximum atomic E-state index is 11.7. The van der Waals surface area contributed by atoms with Gasteiger partial charge in [0, 0.05) is 12.2 Å². The van der Waals surface area contributed by atoms with Crippen LogP contribution in [0, 0.1) is 23.7 Å². The molecule has 0 fully saturated rings. The molecule has 2 heteroatoms. The first-order valence-electron chi connectivity index (χ1n) is 6.00. The maximum Gasteiger partial charge on any atom is 0.189 e. The summed E-state index contributed by atoms with van der Waals surface area (Å²) in [6.07, 6.45) is 0.743. The van der Waals surface area contributed by atoms with E-state index >= 15 is 0 Å². The number of carbonyl (C=O) groups is 1. The normalized spacial score (nSPS) is 12.1. The van der Waals surface area contributed by atoms with Crippen LogP contribution < -0.4 is 0 Å². The minimum absolute atomic E-state index is 0.371. The Kier molecular flexibility index (Phi) is 7.33. The Morgan fingerprint density at radius 2 is 1.47 bits per heavy atom. The third kappa shape index (κ3) is 6.99. The predicted molar refractivity (Wildman–Crippen MR) is 70.1 cm³/mol. The molecule has 90 valence electrons. The first-order valence-corrected chi connectivity index (χ1v) is 6.98. The van der Waals surface area contributed by atoms with Gasteiger partial charge >= 0.3 is 0 Å². The van der Waals surface area contributed by atoms with Crippen LogP contribution in [-0.2, 0) is 4.79 Å². The molecule has 15 heavy (non-hydrogen) atoms. The molecule has 0 heterocycles. The SMILES string of the molecule is CC(C)CSC(=O)CC(C(C)C)C(C)C. The monoisotopic (exact) mass is 230 g/mol. The molecule has 0 aliphatic carbocycles. The van der Waals surface area contributed by atoms with Crippen molar-refractivity contribution in [2.45, 2.75) is 48.0 Å². The van der Waals surface area contributed by atoms with Gasteiger partial charge in [-0.2, -0.15) is 0 Å². The molecule has 0 aliphatic heterocycles. The molecule has 1 nitrogen and oxygen atoms in total. The fourth-order valence-electron chi connectivity index (χ4n) is 1.75. The highest BCUT2D eigenvalue weighted by atomic mass is 32.2. The van der Waals surface area contributed by atoms with Gasteiger partial charge in [-0.15, -0.1) is 0 Å². The molecule has 0 aliphatic rings. The van der Waals surface area contributed by atoms with Crippen molar-refractivity contribution < 1.29 is 4.79 Å². The van der Waals surface area contributed by atoms with Gasteiger partial charge in [0.1, 0.15) is 0 Å². The highest BCUT2D eigenvalue weighted by Crippen LogP contribution is 2.26. The second kappa shape index (κ2) is 7.32. The fourth-order valence-corrected chi connectivity index (χ4v) is 2.58. The molecule has 0 saturated heterocycles. The number of rotatable bonds is 6. The van der Waals surface area contributed by atoms with Crippen LogP contribution in [0.25, 0.3) is 0 Å². The first kappa shape index (κ1) is 15.0. The summed E-state index contributed by atoms with van der Waals surface area (Å²) >= 11 is 1.51. The van der Waals surface area contributed by atoms with Crippen LogP contribution >= 0.6 is 11.8 Å². The van der Waals surface area contributed by atoms with Gasteiger partial charge in [-0.3, -0.25) is 4.79 Å². The second-order valence-corrected chi connectivity index (χ2v) is 6.51. The standard InChI is InChI=1S/C13H26OS/c1-9(2)8-15-13(14)7-12(10(3)4)11(5)6/h9-12H,7-8H2,1-6H3. The van der Waals surface area contributed by atoms with E-state index in [0.717, 1.165) is 12.2 Å². The van der Waals surface area contributed by atoms with Gasteiger partial charge in [0.05, 0.1) is 0 Å². The molecule has 0 aromatic heterocycles. The molecule has 0 radical (unpaired) electrons. The van der Waals surface area contributed by atoms with E-state index in [1.807, 2.05) is 0 Å². The van der Waals surface area contributed by atoms with Crippen molar-refractivity contribution in [3.63, 3.8) is 0 Å². The third-order valence-corrected chi connectivity index (χ3v) is 4.01. The van der Waals surface area contributed by atoms with Crippen molar-refractivity contribution in [3.05, 3.63) is 0 Å². The molecular weight excluding hydrogens is 204 g/mol. The van der Waals surface area contributed by atoms with Gasteiger partial charge in [0.25, 0.3) is 0 Å². The van der Waals surface area contributed by atoms with E-state index in [9.17, 15) is 4.79 Å². The minimum Gasteiger partial charge on any atom is -0.287 e.